The lowest BCUT2D eigenvalue weighted by Crippen LogP contribution is -2.52. The first-order valence-electron chi connectivity index (χ1n) is 7.19. The molecule has 0 heterocycles. The average Bonchev–Trinajstić information content (AvgIpc) is 2.47. The zero-order valence-electron chi connectivity index (χ0n) is 14.6. The minimum absolute atomic E-state index is 0.229. The fourth-order valence-corrected chi connectivity index (χ4v) is 1.96. The smallest absolute Gasteiger partial charge is 0.304 e. The summed E-state index contributed by atoms with van der Waals surface area (Å²) in [5, 5.41) is 9.24. The van der Waals surface area contributed by atoms with Crippen LogP contribution in [0, 0.1) is 11.3 Å². The Morgan fingerprint density at radius 1 is 0.800 bits per heavy atom. The first-order chi connectivity index (χ1) is 11.6. The second kappa shape index (κ2) is 11.0. The van der Waals surface area contributed by atoms with Crippen LogP contribution in [-0.4, -0.2) is 62.0 Å². The highest BCUT2D eigenvalue weighted by Crippen LogP contribution is 2.19. The van der Waals surface area contributed by atoms with E-state index in [4.69, 9.17) is 23.7 Å². The van der Waals surface area contributed by atoms with Gasteiger partial charge in [0.2, 0.25) is 6.10 Å². The predicted octanol–water partition coefficient (Wildman–Crippen LogP) is -0.117. The van der Waals surface area contributed by atoms with Gasteiger partial charge in [-0.2, -0.15) is 5.26 Å². The van der Waals surface area contributed by atoms with Crippen molar-refractivity contribution in [3.05, 3.63) is 0 Å². The summed E-state index contributed by atoms with van der Waals surface area (Å²) in [6.07, 6.45) is -5.77. The van der Waals surface area contributed by atoms with E-state index in [9.17, 15) is 24.4 Å². The van der Waals surface area contributed by atoms with Crippen LogP contribution < -0.4 is 0 Å². The van der Waals surface area contributed by atoms with Gasteiger partial charge in [0.15, 0.2) is 18.3 Å². The quantitative estimate of drug-likeness (QED) is 0.404. The summed E-state index contributed by atoms with van der Waals surface area (Å²) in [5.41, 5.74) is 0. The van der Waals surface area contributed by atoms with Crippen molar-refractivity contribution in [2.24, 2.45) is 0 Å². The molecule has 0 aromatic heterocycles. The van der Waals surface area contributed by atoms with Crippen molar-refractivity contribution in [1.29, 1.82) is 5.26 Å². The van der Waals surface area contributed by atoms with Crippen LogP contribution in [0.4, 0.5) is 0 Å². The molecule has 0 aliphatic rings. The van der Waals surface area contributed by atoms with Gasteiger partial charge in [-0.25, -0.2) is 0 Å². The molecule has 0 bridgehead atoms. The molecule has 0 aliphatic heterocycles. The largest absolute Gasteiger partial charge is 0.456 e. The van der Waals surface area contributed by atoms with Gasteiger partial charge in [-0.15, -0.1) is 0 Å². The van der Waals surface area contributed by atoms with E-state index in [-0.39, 0.29) is 6.61 Å². The number of methoxy groups -OCH3 is 1. The number of hydrogen-bond acceptors (Lipinski definition) is 10. The monoisotopic (exact) mass is 359 g/mol. The number of nitriles is 1. The van der Waals surface area contributed by atoms with Crippen LogP contribution in [0.2, 0.25) is 0 Å². The number of carbonyl (C=O) groups is 4. The lowest BCUT2D eigenvalue weighted by Gasteiger charge is -2.33. The molecule has 0 unspecified atom stereocenters. The molecule has 25 heavy (non-hydrogen) atoms. The predicted molar refractivity (Wildman–Crippen MR) is 79.7 cm³/mol. The Bertz CT molecular complexity index is 540. The van der Waals surface area contributed by atoms with E-state index in [2.05, 4.69) is 0 Å². The molecular weight excluding hydrogens is 338 g/mol. The molecule has 4 atom stereocenters. The lowest BCUT2D eigenvalue weighted by molar-refractivity contribution is -0.197. The van der Waals surface area contributed by atoms with Gasteiger partial charge in [-0.05, 0) is 0 Å². The second-order valence-corrected chi connectivity index (χ2v) is 4.91. The van der Waals surface area contributed by atoms with Gasteiger partial charge in [0.05, 0.1) is 6.61 Å². The zero-order chi connectivity index (χ0) is 19.6. The Morgan fingerprint density at radius 2 is 1.24 bits per heavy atom. The van der Waals surface area contributed by atoms with Crippen LogP contribution in [0.5, 0.6) is 0 Å². The number of carbonyl (C=O) groups excluding carboxylic acids is 4. The Hall–Kier alpha value is -2.67. The highest BCUT2D eigenvalue weighted by molar-refractivity contribution is 5.69. The molecule has 10 heteroatoms. The van der Waals surface area contributed by atoms with E-state index in [1.807, 2.05) is 0 Å². The molecule has 10 nitrogen and oxygen atoms in total. The van der Waals surface area contributed by atoms with Gasteiger partial charge in [0, 0.05) is 34.8 Å². The normalized spacial score (nSPS) is 14.9. The maximum absolute atomic E-state index is 11.4. The van der Waals surface area contributed by atoms with Crippen LogP contribution in [0.3, 0.4) is 0 Å². The first-order valence-corrected chi connectivity index (χ1v) is 7.19. The highest BCUT2D eigenvalue weighted by atomic mass is 16.6. The topological polar surface area (TPSA) is 138 Å². The van der Waals surface area contributed by atoms with Crippen molar-refractivity contribution in [3.63, 3.8) is 0 Å². The summed E-state index contributed by atoms with van der Waals surface area (Å²) < 4.78 is 24.9. The SMILES string of the molecule is COC[C@H](OC(C)=O)[C@H](OC(C)=O)[C@@H](OC(C)=O)[C@@H](C#N)OC(C)=O. The number of nitrogens with zero attached hydrogens (tertiary/aromatic N) is 1. The maximum Gasteiger partial charge on any atom is 0.304 e. The van der Waals surface area contributed by atoms with Crippen molar-refractivity contribution in [2.75, 3.05) is 13.7 Å². The Morgan fingerprint density at radius 3 is 1.60 bits per heavy atom. The summed E-state index contributed by atoms with van der Waals surface area (Å²) in [6.45, 7) is 4.06. The standard InChI is InChI=1S/C15H21NO9/c1-8(17)22-12(6-16)14(24-10(3)19)15(25-11(4)20)13(7-21-5)23-9(2)18/h12-15H,7H2,1-5H3/t12-,13+,14+,15+/m1/s1. The minimum atomic E-state index is -1.60. The van der Waals surface area contributed by atoms with Gasteiger partial charge in [-0.3, -0.25) is 19.2 Å². The molecule has 0 aromatic carbocycles. The summed E-state index contributed by atoms with van der Waals surface area (Å²) in [5.74, 6) is -3.16. The summed E-state index contributed by atoms with van der Waals surface area (Å²) in [4.78, 5) is 45.3. The molecule has 0 rings (SSSR count). The van der Waals surface area contributed by atoms with Gasteiger partial charge in [0.1, 0.15) is 6.07 Å². The lowest BCUT2D eigenvalue weighted by atomic mass is 10.0. The van der Waals surface area contributed by atoms with Gasteiger partial charge in [-0.1, -0.05) is 0 Å². The molecule has 0 aliphatic carbocycles. The molecule has 0 spiro atoms. The van der Waals surface area contributed by atoms with Crippen LogP contribution in [0.25, 0.3) is 0 Å². The molecular formula is C15H21NO9. The van der Waals surface area contributed by atoms with Crippen molar-refractivity contribution in [2.45, 2.75) is 52.1 Å². The summed E-state index contributed by atoms with van der Waals surface area (Å²) in [6, 6.07) is 1.65. The summed E-state index contributed by atoms with van der Waals surface area (Å²) in [7, 11) is 1.30. The van der Waals surface area contributed by atoms with Crippen molar-refractivity contribution in [3.8, 4) is 6.07 Å². The third-order valence-corrected chi connectivity index (χ3v) is 2.66. The highest BCUT2D eigenvalue weighted by Gasteiger charge is 2.43. The van der Waals surface area contributed by atoms with E-state index in [1.165, 1.54) is 7.11 Å². The van der Waals surface area contributed by atoms with Crippen LogP contribution >= 0.6 is 0 Å². The van der Waals surface area contributed by atoms with Crippen molar-refractivity contribution >= 4 is 23.9 Å². The minimum Gasteiger partial charge on any atom is -0.456 e. The Kier molecular flexibility index (Phi) is 9.81. The van der Waals surface area contributed by atoms with Gasteiger partial charge < -0.3 is 23.7 Å². The van der Waals surface area contributed by atoms with Gasteiger partial charge in [0.25, 0.3) is 0 Å². The molecule has 0 amide bonds. The summed E-state index contributed by atoms with van der Waals surface area (Å²) >= 11 is 0. The number of hydrogen-bond donors (Lipinski definition) is 0. The third kappa shape index (κ3) is 8.66. The molecule has 0 aromatic rings. The second-order valence-electron chi connectivity index (χ2n) is 4.91. The molecule has 140 valence electrons. The Balaban J connectivity index is 5.89. The number of esters is 4. The molecule has 0 fully saturated rings. The third-order valence-electron chi connectivity index (χ3n) is 2.66. The molecule has 0 radical (unpaired) electrons. The van der Waals surface area contributed by atoms with E-state index in [1.54, 1.807) is 6.07 Å². The number of ether oxygens (including phenoxy) is 5. The molecule has 0 N–H and O–H groups in total. The van der Waals surface area contributed by atoms with Gasteiger partial charge >= 0.3 is 23.9 Å². The van der Waals surface area contributed by atoms with E-state index in [0.717, 1.165) is 27.7 Å². The van der Waals surface area contributed by atoms with Crippen LogP contribution in [0.1, 0.15) is 27.7 Å². The van der Waals surface area contributed by atoms with E-state index in [0.29, 0.717) is 0 Å². The fraction of sp³-hybridized carbons (Fsp3) is 0.667. The molecule has 0 saturated heterocycles. The first kappa shape index (κ1) is 22.3. The van der Waals surface area contributed by atoms with E-state index < -0.39 is 48.3 Å². The zero-order valence-corrected chi connectivity index (χ0v) is 14.6. The van der Waals surface area contributed by atoms with Crippen molar-refractivity contribution in [1.82, 2.24) is 0 Å². The average molecular weight is 359 g/mol. The number of rotatable bonds is 9. The fourth-order valence-electron chi connectivity index (χ4n) is 1.96. The van der Waals surface area contributed by atoms with E-state index >= 15 is 0 Å². The van der Waals surface area contributed by atoms with Crippen LogP contribution in [-0.2, 0) is 42.9 Å². The maximum atomic E-state index is 11.4. The molecule has 0 saturated carbocycles. The Labute approximate surface area is 144 Å². The van der Waals surface area contributed by atoms with Crippen LogP contribution in [0.15, 0.2) is 0 Å². The van der Waals surface area contributed by atoms with Crippen molar-refractivity contribution < 1.29 is 42.9 Å².